The van der Waals surface area contributed by atoms with Gasteiger partial charge in [-0.1, -0.05) is 12.1 Å². The summed E-state index contributed by atoms with van der Waals surface area (Å²) in [6.45, 7) is 2.95. The molecule has 0 spiro atoms. The molecule has 16 heavy (non-hydrogen) atoms. The van der Waals surface area contributed by atoms with Crippen LogP contribution in [-0.4, -0.2) is 29.9 Å². The first-order valence-corrected chi connectivity index (χ1v) is 5.94. The molecular weight excluding hydrogens is 206 g/mol. The van der Waals surface area contributed by atoms with E-state index in [9.17, 15) is 0 Å². The molecule has 5 nitrogen and oxygen atoms in total. The van der Waals surface area contributed by atoms with Gasteiger partial charge in [0.25, 0.3) is 0 Å². The minimum Gasteiger partial charge on any atom is -0.378 e. The van der Waals surface area contributed by atoms with Crippen molar-refractivity contribution in [1.82, 2.24) is 15.5 Å². The Labute approximate surface area is 95.6 Å². The minimum absolute atomic E-state index is 0.158. The highest BCUT2D eigenvalue weighted by Crippen LogP contribution is 2.18. The monoisotopic (exact) mass is 225 g/mol. The van der Waals surface area contributed by atoms with E-state index in [-0.39, 0.29) is 12.1 Å². The summed E-state index contributed by atoms with van der Waals surface area (Å²) >= 11 is 0. The lowest BCUT2D eigenvalue weighted by atomic mass is 10.2. The molecule has 1 aromatic heterocycles. The predicted molar refractivity (Wildman–Crippen MR) is 59.1 cm³/mol. The fourth-order valence-electron chi connectivity index (χ4n) is 2.00. The molecular formula is C11H19N3O2. The third-order valence-electron chi connectivity index (χ3n) is 2.97. The maximum Gasteiger partial charge on any atom is 0.243 e. The van der Waals surface area contributed by atoms with Crippen LogP contribution in [0.1, 0.15) is 43.9 Å². The fraction of sp³-hybridized carbons (Fsp3) is 0.818. The van der Waals surface area contributed by atoms with E-state index in [1.54, 1.807) is 0 Å². The van der Waals surface area contributed by atoms with Crippen molar-refractivity contribution in [2.24, 2.45) is 0 Å². The van der Waals surface area contributed by atoms with E-state index in [0.717, 1.165) is 38.1 Å². The lowest BCUT2D eigenvalue weighted by Crippen LogP contribution is -2.16. The first-order valence-electron chi connectivity index (χ1n) is 5.94. The van der Waals surface area contributed by atoms with Crippen LogP contribution in [0.25, 0.3) is 0 Å². The second-order valence-corrected chi connectivity index (χ2v) is 4.14. The summed E-state index contributed by atoms with van der Waals surface area (Å²) in [6.07, 6.45) is 4.23. The van der Waals surface area contributed by atoms with Gasteiger partial charge in [-0.2, -0.15) is 4.98 Å². The Morgan fingerprint density at radius 1 is 1.56 bits per heavy atom. The topological polar surface area (TPSA) is 60.2 Å². The Kier molecular flexibility index (Phi) is 3.90. The quantitative estimate of drug-likeness (QED) is 0.822. The molecule has 1 saturated heterocycles. The van der Waals surface area contributed by atoms with Crippen molar-refractivity contribution >= 4 is 0 Å². The van der Waals surface area contributed by atoms with Crippen molar-refractivity contribution < 1.29 is 9.26 Å². The zero-order valence-corrected chi connectivity index (χ0v) is 9.90. The number of nitrogens with one attached hydrogen (secondary N) is 1. The maximum absolute atomic E-state index is 5.54. The Balaban J connectivity index is 1.95. The summed E-state index contributed by atoms with van der Waals surface area (Å²) in [5.41, 5.74) is 0. The molecule has 2 rings (SSSR count). The molecule has 0 amide bonds. The van der Waals surface area contributed by atoms with Crippen LogP contribution < -0.4 is 5.32 Å². The second-order valence-electron chi connectivity index (χ2n) is 4.14. The van der Waals surface area contributed by atoms with Gasteiger partial charge in [0.2, 0.25) is 5.89 Å². The van der Waals surface area contributed by atoms with E-state index >= 15 is 0 Å². The molecule has 1 N–H and O–H groups in total. The van der Waals surface area contributed by atoms with Gasteiger partial charge >= 0.3 is 0 Å². The molecule has 2 atom stereocenters. The molecule has 0 aliphatic carbocycles. The lowest BCUT2D eigenvalue weighted by Gasteiger charge is -2.07. The van der Waals surface area contributed by atoms with Gasteiger partial charge in [-0.3, -0.25) is 0 Å². The smallest absolute Gasteiger partial charge is 0.243 e. The molecule has 90 valence electrons. The Morgan fingerprint density at radius 3 is 3.06 bits per heavy atom. The number of ether oxygens (including phenoxy) is 1. The highest BCUT2D eigenvalue weighted by atomic mass is 16.5. The van der Waals surface area contributed by atoms with Crippen LogP contribution in [0.5, 0.6) is 0 Å². The van der Waals surface area contributed by atoms with E-state index in [4.69, 9.17) is 9.26 Å². The largest absolute Gasteiger partial charge is 0.378 e. The predicted octanol–water partition coefficient (Wildman–Crippen LogP) is 1.46. The Morgan fingerprint density at radius 2 is 2.44 bits per heavy atom. The van der Waals surface area contributed by atoms with Gasteiger partial charge in [0.15, 0.2) is 5.82 Å². The van der Waals surface area contributed by atoms with Gasteiger partial charge in [0.1, 0.15) is 0 Å². The second kappa shape index (κ2) is 5.41. The number of nitrogens with zero attached hydrogens (tertiary/aromatic N) is 2. The van der Waals surface area contributed by atoms with Crippen LogP contribution in [0.4, 0.5) is 0 Å². The van der Waals surface area contributed by atoms with E-state index in [0.29, 0.717) is 5.89 Å². The maximum atomic E-state index is 5.54. The third kappa shape index (κ3) is 2.59. The normalized spacial score (nSPS) is 22.5. The van der Waals surface area contributed by atoms with Gasteiger partial charge < -0.3 is 14.6 Å². The van der Waals surface area contributed by atoms with Crippen molar-refractivity contribution in [3.63, 3.8) is 0 Å². The summed E-state index contributed by atoms with van der Waals surface area (Å²) < 4.78 is 10.8. The first-order chi connectivity index (χ1) is 7.83. The number of hydrogen-bond acceptors (Lipinski definition) is 5. The van der Waals surface area contributed by atoms with Crippen LogP contribution >= 0.6 is 0 Å². The van der Waals surface area contributed by atoms with Gasteiger partial charge in [-0.15, -0.1) is 0 Å². The lowest BCUT2D eigenvalue weighted by molar-refractivity contribution is 0.109. The van der Waals surface area contributed by atoms with E-state index in [2.05, 4.69) is 22.4 Å². The molecule has 2 unspecified atom stereocenters. The Bertz CT molecular complexity index is 317. The van der Waals surface area contributed by atoms with Crippen molar-refractivity contribution in [3.05, 3.63) is 11.7 Å². The summed E-state index contributed by atoms with van der Waals surface area (Å²) in [6, 6.07) is 0.158. The first kappa shape index (κ1) is 11.5. The molecule has 0 bridgehead atoms. The van der Waals surface area contributed by atoms with E-state index < -0.39 is 0 Å². The number of aromatic nitrogens is 2. The summed E-state index contributed by atoms with van der Waals surface area (Å²) in [5.74, 6) is 1.44. The van der Waals surface area contributed by atoms with Gasteiger partial charge in [0.05, 0.1) is 12.1 Å². The zero-order valence-electron chi connectivity index (χ0n) is 9.90. The summed E-state index contributed by atoms with van der Waals surface area (Å²) in [4.78, 5) is 4.40. The van der Waals surface area contributed by atoms with Gasteiger partial charge in [-0.05, 0) is 26.3 Å². The summed E-state index contributed by atoms with van der Waals surface area (Å²) in [7, 11) is 1.90. The molecule has 1 aliphatic rings. The highest BCUT2D eigenvalue weighted by Gasteiger charge is 2.20. The fourth-order valence-corrected chi connectivity index (χ4v) is 2.00. The van der Waals surface area contributed by atoms with E-state index in [1.165, 1.54) is 0 Å². The average molecular weight is 225 g/mol. The van der Waals surface area contributed by atoms with Crippen molar-refractivity contribution in [1.29, 1.82) is 0 Å². The molecule has 0 aromatic carbocycles. The SMILES string of the molecule is CCC(NC)c1nc(CC2CCCO2)no1. The Hall–Kier alpha value is -0.940. The standard InChI is InChI=1S/C11H19N3O2/c1-3-9(12-2)11-13-10(14-16-11)7-8-5-4-6-15-8/h8-9,12H,3-7H2,1-2H3. The zero-order chi connectivity index (χ0) is 11.4. The van der Waals surface area contributed by atoms with Crippen LogP contribution in [0, 0.1) is 0 Å². The number of hydrogen-bond donors (Lipinski definition) is 1. The minimum atomic E-state index is 0.158. The molecule has 5 heteroatoms. The molecule has 2 heterocycles. The van der Waals surface area contributed by atoms with E-state index in [1.807, 2.05) is 7.05 Å². The van der Waals surface area contributed by atoms with Gasteiger partial charge in [-0.25, -0.2) is 0 Å². The van der Waals surface area contributed by atoms with Crippen LogP contribution in [0.2, 0.25) is 0 Å². The van der Waals surface area contributed by atoms with Crippen LogP contribution in [0.3, 0.4) is 0 Å². The van der Waals surface area contributed by atoms with Crippen LogP contribution in [0.15, 0.2) is 4.52 Å². The van der Waals surface area contributed by atoms with Crippen LogP contribution in [-0.2, 0) is 11.2 Å². The molecule has 0 saturated carbocycles. The average Bonchev–Trinajstić information content (AvgIpc) is 2.93. The number of rotatable bonds is 5. The summed E-state index contributed by atoms with van der Waals surface area (Å²) in [5, 5.41) is 7.14. The van der Waals surface area contributed by atoms with Crippen molar-refractivity contribution in [2.45, 2.75) is 44.8 Å². The van der Waals surface area contributed by atoms with Crippen molar-refractivity contribution in [2.75, 3.05) is 13.7 Å². The molecule has 1 fully saturated rings. The van der Waals surface area contributed by atoms with Gasteiger partial charge in [0, 0.05) is 13.0 Å². The molecule has 1 aliphatic heterocycles. The molecule has 0 radical (unpaired) electrons. The van der Waals surface area contributed by atoms with Crippen molar-refractivity contribution in [3.8, 4) is 0 Å². The highest BCUT2D eigenvalue weighted by molar-refractivity contribution is 4.94. The molecule has 1 aromatic rings. The third-order valence-corrected chi connectivity index (χ3v) is 2.97.